The number of para-hydroxylation sites is 1. The van der Waals surface area contributed by atoms with Gasteiger partial charge in [0.25, 0.3) is 5.69 Å². The summed E-state index contributed by atoms with van der Waals surface area (Å²) in [5.74, 6) is 0.688. The number of nitrogens with zero attached hydrogens (tertiary/aromatic N) is 2. The Morgan fingerprint density at radius 2 is 2.00 bits per heavy atom. The van der Waals surface area contributed by atoms with E-state index in [1.165, 1.54) is 12.1 Å². The van der Waals surface area contributed by atoms with Gasteiger partial charge in [0.1, 0.15) is 11.4 Å². The zero-order chi connectivity index (χ0) is 18.0. The molecule has 1 aliphatic heterocycles. The average Bonchev–Trinajstić information content (AvgIpc) is 2.58. The molecule has 1 aliphatic rings. The summed E-state index contributed by atoms with van der Waals surface area (Å²) < 4.78 is 28.2. The van der Waals surface area contributed by atoms with E-state index in [-0.39, 0.29) is 10.6 Å². The van der Waals surface area contributed by atoms with Gasteiger partial charge in [-0.05, 0) is 24.3 Å². The molecule has 0 saturated carbocycles. The third-order valence-electron chi connectivity index (χ3n) is 3.60. The zero-order valence-electron chi connectivity index (χ0n) is 12.9. The van der Waals surface area contributed by atoms with E-state index in [0.717, 1.165) is 11.6 Å². The van der Waals surface area contributed by atoms with Crippen molar-refractivity contribution in [2.75, 3.05) is 12.0 Å². The van der Waals surface area contributed by atoms with Gasteiger partial charge in [-0.15, -0.1) is 0 Å². The van der Waals surface area contributed by atoms with Gasteiger partial charge in [-0.25, -0.2) is 13.6 Å². The first-order valence-corrected chi connectivity index (χ1v) is 8.77. The first kappa shape index (κ1) is 16.9. The van der Waals surface area contributed by atoms with Crippen LogP contribution in [0.5, 0.6) is 5.75 Å². The van der Waals surface area contributed by atoms with Crippen LogP contribution >= 0.6 is 0 Å². The van der Waals surface area contributed by atoms with Crippen LogP contribution < -0.4 is 15.3 Å². The van der Waals surface area contributed by atoms with E-state index in [9.17, 15) is 18.5 Å². The number of nitro groups is 1. The van der Waals surface area contributed by atoms with Crippen LogP contribution in [-0.4, -0.2) is 25.7 Å². The number of hydrogen-bond donors (Lipinski definition) is 2. The minimum Gasteiger partial charge on any atom is -0.492 e. The van der Waals surface area contributed by atoms with Gasteiger partial charge in [-0.2, -0.15) is 5.10 Å². The Labute approximate surface area is 143 Å². The summed E-state index contributed by atoms with van der Waals surface area (Å²) in [7, 11) is -4.04. The summed E-state index contributed by atoms with van der Waals surface area (Å²) in [6, 6.07) is 10.7. The van der Waals surface area contributed by atoms with E-state index >= 15 is 0 Å². The van der Waals surface area contributed by atoms with E-state index in [2.05, 4.69) is 10.5 Å². The van der Waals surface area contributed by atoms with Crippen LogP contribution in [0.15, 0.2) is 52.5 Å². The number of nitro benzene ring substituents is 1. The van der Waals surface area contributed by atoms with Crippen molar-refractivity contribution in [1.29, 1.82) is 0 Å². The van der Waals surface area contributed by atoms with E-state index < -0.39 is 20.6 Å². The molecule has 0 unspecified atom stereocenters. The second-order valence-electron chi connectivity index (χ2n) is 5.25. The Morgan fingerprint density at radius 1 is 1.24 bits per heavy atom. The predicted molar refractivity (Wildman–Crippen MR) is 91.2 cm³/mol. The van der Waals surface area contributed by atoms with Gasteiger partial charge in [0, 0.05) is 18.1 Å². The first-order chi connectivity index (χ1) is 11.9. The van der Waals surface area contributed by atoms with Crippen LogP contribution in [0.1, 0.15) is 12.0 Å². The van der Waals surface area contributed by atoms with Crippen molar-refractivity contribution in [2.24, 2.45) is 10.2 Å². The molecular weight excluding hydrogens is 348 g/mol. The number of benzene rings is 2. The lowest BCUT2D eigenvalue weighted by molar-refractivity contribution is -0.384. The molecule has 0 saturated heterocycles. The number of nitrogens with one attached hydrogen (secondary N) is 1. The molecule has 2 aromatic rings. The van der Waals surface area contributed by atoms with Crippen molar-refractivity contribution < 1.29 is 18.1 Å². The van der Waals surface area contributed by atoms with Crippen molar-refractivity contribution in [3.63, 3.8) is 0 Å². The smallest absolute Gasteiger partial charge is 0.295 e. The van der Waals surface area contributed by atoms with Crippen LogP contribution in [0.25, 0.3) is 0 Å². The molecule has 0 radical (unpaired) electrons. The Bertz CT molecular complexity index is 972. The van der Waals surface area contributed by atoms with Crippen molar-refractivity contribution in [3.8, 4) is 5.75 Å². The molecule has 0 spiro atoms. The Hall–Kier alpha value is -2.98. The number of primary sulfonamides is 1. The van der Waals surface area contributed by atoms with E-state index in [1.54, 1.807) is 0 Å². The van der Waals surface area contributed by atoms with Gasteiger partial charge in [-0.1, -0.05) is 12.1 Å². The Kier molecular flexibility index (Phi) is 4.38. The standard InChI is InChI=1S/C15H14N4O5S/c16-25(22,23)10-5-6-13(14(9-10)19(20)21)18-17-12-7-8-24-15-4-2-1-3-11(12)15/h1-6,9,18H,7-8H2,(H2,16,22,23). The molecule has 3 N–H and O–H groups in total. The minimum atomic E-state index is -4.04. The van der Waals surface area contributed by atoms with E-state index in [1.807, 2.05) is 24.3 Å². The highest BCUT2D eigenvalue weighted by atomic mass is 32.2. The third kappa shape index (κ3) is 3.59. The zero-order valence-corrected chi connectivity index (χ0v) is 13.7. The van der Waals surface area contributed by atoms with Gasteiger partial charge < -0.3 is 4.74 Å². The van der Waals surface area contributed by atoms with Crippen LogP contribution in [0.4, 0.5) is 11.4 Å². The number of ether oxygens (including phenoxy) is 1. The van der Waals surface area contributed by atoms with Crippen LogP contribution in [-0.2, 0) is 10.0 Å². The topological polar surface area (TPSA) is 137 Å². The molecule has 2 aromatic carbocycles. The maximum Gasteiger partial charge on any atom is 0.295 e. The van der Waals surface area contributed by atoms with Crippen LogP contribution in [0.2, 0.25) is 0 Å². The van der Waals surface area contributed by atoms with Crippen molar-refractivity contribution in [1.82, 2.24) is 0 Å². The molecule has 0 amide bonds. The molecule has 25 heavy (non-hydrogen) atoms. The maximum absolute atomic E-state index is 11.4. The molecule has 0 atom stereocenters. The summed E-state index contributed by atoms with van der Waals surface area (Å²) in [5, 5.41) is 20.5. The molecule has 10 heteroatoms. The summed E-state index contributed by atoms with van der Waals surface area (Å²) >= 11 is 0. The second kappa shape index (κ2) is 6.49. The molecule has 1 heterocycles. The fraction of sp³-hybridized carbons (Fsp3) is 0.133. The van der Waals surface area contributed by atoms with E-state index in [4.69, 9.17) is 9.88 Å². The molecular formula is C15H14N4O5S. The highest BCUT2D eigenvalue weighted by Crippen LogP contribution is 2.28. The quantitative estimate of drug-likeness (QED) is 0.629. The van der Waals surface area contributed by atoms with Gasteiger partial charge in [0.05, 0.1) is 22.1 Å². The second-order valence-corrected chi connectivity index (χ2v) is 6.81. The third-order valence-corrected chi connectivity index (χ3v) is 4.51. The fourth-order valence-electron chi connectivity index (χ4n) is 2.40. The molecule has 0 bridgehead atoms. The molecule has 9 nitrogen and oxygen atoms in total. The SMILES string of the molecule is NS(=O)(=O)c1ccc(NN=C2CCOc3ccccc32)c([N+](=O)[O-])c1. The van der Waals surface area contributed by atoms with Gasteiger partial charge >= 0.3 is 0 Å². The predicted octanol–water partition coefficient (Wildman–Crippen LogP) is 1.84. The minimum absolute atomic E-state index is 0.0638. The number of nitrogens with two attached hydrogens (primary N) is 1. The van der Waals surface area contributed by atoms with Crippen molar-refractivity contribution in [2.45, 2.75) is 11.3 Å². The average molecular weight is 362 g/mol. The highest BCUT2D eigenvalue weighted by Gasteiger charge is 2.20. The monoisotopic (exact) mass is 362 g/mol. The van der Waals surface area contributed by atoms with Crippen molar-refractivity contribution >= 4 is 27.1 Å². The summed E-state index contributed by atoms with van der Waals surface area (Å²) in [6.07, 6.45) is 0.535. The largest absolute Gasteiger partial charge is 0.492 e. The summed E-state index contributed by atoms with van der Waals surface area (Å²) in [5.41, 5.74) is 3.75. The number of sulfonamides is 1. The number of fused-ring (bicyclic) bond motifs is 1. The number of rotatable bonds is 4. The highest BCUT2D eigenvalue weighted by molar-refractivity contribution is 7.89. The summed E-state index contributed by atoms with van der Waals surface area (Å²) in [6.45, 7) is 0.448. The number of hydrogen-bond acceptors (Lipinski definition) is 7. The molecule has 130 valence electrons. The molecule has 0 fully saturated rings. The lowest BCUT2D eigenvalue weighted by atomic mass is 10.0. The first-order valence-electron chi connectivity index (χ1n) is 7.22. The molecule has 3 rings (SSSR count). The van der Waals surface area contributed by atoms with Crippen LogP contribution in [0.3, 0.4) is 0 Å². The van der Waals surface area contributed by atoms with Crippen LogP contribution in [0, 0.1) is 10.1 Å². The van der Waals surface area contributed by atoms with Crippen molar-refractivity contribution in [3.05, 3.63) is 58.1 Å². The normalized spacial score (nSPS) is 15.3. The Balaban J connectivity index is 1.95. The Morgan fingerprint density at radius 3 is 2.72 bits per heavy atom. The maximum atomic E-state index is 11.4. The van der Waals surface area contributed by atoms with Gasteiger partial charge in [0.15, 0.2) is 0 Å². The lowest BCUT2D eigenvalue weighted by Gasteiger charge is -2.18. The number of anilines is 1. The molecule has 0 aliphatic carbocycles. The fourth-order valence-corrected chi connectivity index (χ4v) is 2.93. The van der Waals surface area contributed by atoms with E-state index in [0.29, 0.717) is 24.5 Å². The van der Waals surface area contributed by atoms with Gasteiger partial charge in [-0.3, -0.25) is 15.5 Å². The van der Waals surface area contributed by atoms with Gasteiger partial charge in [0.2, 0.25) is 10.0 Å². The molecule has 0 aromatic heterocycles. The number of hydrazone groups is 1. The lowest BCUT2D eigenvalue weighted by Crippen LogP contribution is -2.17. The summed E-state index contributed by atoms with van der Waals surface area (Å²) in [4.78, 5) is 10.2.